The van der Waals surface area contributed by atoms with Crippen LogP contribution in [0.3, 0.4) is 0 Å². The van der Waals surface area contributed by atoms with Gasteiger partial charge >= 0.3 is 0 Å². The molecule has 0 saturated carbocycles. The quantitative estimate of drug-likeness (QED) is 0.764. The van der Waals surface area contributed by atoms with Crippen LogP contribution >= 0.6 is 0 Å². The van der Waals surface area contributed by atoms with E-state index in [1.54, 1.807) is 6.07 Å². The maximum absolute atomic E-state index is 11.0. The van der Waals surface area contributed by atoms with Crippen molar-refractivity contribution in [3.8, 4) is 0 Å². The van der Waals surface area contributed by atoms with Gasteiger partial charge in [0.1, 0.15) is 0 Å². The smallest absolute Gasteiger partial charge is 0.294 e. The second kappa shape index (κ2) is 3.59. The van der Waals surface area contributed by atoms with Crippen LogP contribution in [0.15, 0.2) is 23.1 Å². The van der Waals surface area contributed by atoms with Gasteiger partial charge in [0.05, 0.1) is 10.6 Å². The van der Waals surface area contributed by atoms with E-state index >= 15 is 0 Å². The van der Waals surface area contributed by atoms with E-state index in [1.807, 2.05) is 13.8 Å². The van der Waals surface area contributed by atoms with Crippen molar-refractivity contribution in [3.63, 3.8) is 0 Å². The maximum atomic E-state index is 11.0. The van der Waals surface area contributed by atoms with E-state index in [0.29, 0.717) is 5.56 Å². The van der Waals surface area contributed by atoms with Gasteiger partial charge in [0, 0.05) is 0 Å². The molecule has 0 aliphatic carbocycles. The highest BCUT2D eigenvalue weighted by atomic mass is 32.2. The summed E-state index contributed by atoms with van der Waals surface area (Å²) >= 11 is 0. The summed E-state index contributed by atoms with van der Waals surface area (Å²) in [5.41, 5.74) is 7.88. The van der Waals surface area contributed by atoms with Gasteiger partial charge in [0.2, 0.25) is 0 Å². The Bertz CT molecular complexity index is 437. The van der Waals surface area contributed by atoms with Crippen LogP contribution in [0, 0.1) is 0 Å². The zero-order valence-electron chi connectivity index (χ0n) is 7.98. The number of benzene rings is 1. The predicted octanol–water partition coefficient (Wildman–Crippen LogP) is 1.97. The summed E-state index contributed by atoms with van der Waals surface area (Å²) in [6, 6.07) is 4.21. The van der Waals surface area contributed by atoms with Crippen molar-refractivity contribution in [2.75, 3.05) is 0 Å². The van der Waals surface area contributed by atoms with Crippen molar-refractivity contribution in [2.24, 2.45) is 0 Å². The third-order valence-electron chi connectivity index (χ3n) is 1.91. The lowest BCUT2D eigenvalue weighted by molar-refractivity contribution is 0.481. The van der Waals surface area contributed by atoms with Crippen molar-refractivity contribution in [2.45, 2.75) is 24.7 Å². The molecule has 0 amide bonds. The summed E-state index contributed by atoms with van der Waals surface area (Å²) in [7, 11) is -4.22. The Hall–Kier alpha value is -1.07. The Morgan fingerprint density at radius 1 is 1.36 bits per heavy atom. The minimum absolute atomic E-state index is 0.00692. The molecule has 0 atom stereocenters. The van der Waals surface area contributed by atoms with Gasteiger partial charge in [-0.1, -0.05) is 19.9 Å². The molecule has 4 nitrogen and oxygen atoms in total. The van der Waals surface area contributed by atoms with E-state index in [9.17, 15) is 8.42 Å². The van der Waals surface area contributed by atoms with E-state index in [2.05, 4.69) is 0 Å². The van der Waals surface area contributed by atoms with Crippen LogP contribution in [0.5, 0.6) is 0 Å². The lowest BCUT2D eigenvalue weighted by Crippen LogP contribution is -2.04. The van der Waals surface area contributed by atoms with Gasteiger partial charge < -0.3 is 5.73 Å². The van der Waals surface area contributed by atoms with Gasteiger partial charge in [0.25, 0.3) is 10.1 Å². The lowest BCUT2D eigenvalue weighted by Gasteiger charge is -2.10. The first-order valence-corrected chi connectivity index (χ1v) is 5.59. The highest BCUT2D eigenvalue weighted by molar-refractivity contribution is 7.85. The van der Waals surface area contributed by atoms with Gasteiger partial charge in [-0.05, 0) is 23.6 Å². The molecular formula is C9H12NO3S. The Morgan fingerprint density at radius 3 is 2.36 bits per heavy atom. The molecule has 0 aliphatic heterocycles. The average Bonchev–Trinajstić information content (AvgIpc) is 2.01. The van der Waals surface area contributed by atoms with Crippen molar-refractivity contribution in [3.05, 3.63) is 23.8 Å². The van der Waals surface area contributed by atoms with Gasteiger partial charge in [-0.25, -0.2) is 0 Å². The molecule has 0 aliphatic rings. The predicted molar refractivity (Wildman–Crippen MR) is 53.1 cm³/mol. The largest absolute Gasteiger partial charge is 0.301 e. The number of hydrogen-bond donors (Lipinski definition) is 1. The summed E-state index contributed by atoms with van der Waals surface area (Å²) in [6.07, 6.45) is 0. The van der Waals surface area contributed by atoms with Crippen molar-refractivity contribution in [1.29, 1.82) is 0 Å². The highest BCUT2D eigenvalue weighted by Crippen LogP contribution is 2.25. The number of nitrogens with one attached hydrogen (secondary N) is 1. The van der Waals surface area contributed by atoms with Crippen LogP contribution in [0.25, 0.3) is 0 Å². The zero-order valence-corrected chi connectivity index (χ0v) is 8.80. The van der Waals surface area contributed by atoms with Crippen molar-refractivity contribution >= 4 is 15.8 Å². The minimum Gasteiger partial charge on any atom is -0.301 e. The first kappa shape index (κ1) is 11.0. The van der Waals surface area contributed by atoms with E-state index in [1.165, 1.54) is 6.07 Å². The third-order valence-corrected chi connectivity index (χ3v) is 2.82. The van der Waals surface area contributed by atoms with E-state index < -0.39 is 10.1 Å². The molecule has 0 saturated heterocycles. The van der Waals surface area contributed by atoms with Crippen LogP contribution in [0.1, 0.15) is 25.3 Å². The summed E-state index contributed by atoms with van der Waals surface area (Å²) in [6.45, 7) is 3.65. The second-order valence-corrected chi connectivity index (χ2v) is 4.77. The van der Waals surface area contributed by atoms with E-state index in [0.717, 1.165) is 6.07 Å². The van der Waals surface area contributed by atoms with Crippen molar-refractivity contribution in [1.82, 2.24) is 5.73 Å². The molecule has 0 fully saturated rings. The molecule has 1 radical (unpaired) electrons. The highest BCUT2D eigenvalue weighted by Gasteiger charge is 2.17. The van der Waals surface area contributed by atoms with Gasteiger partial charge in [-0.2, -0.15) is 8.42 Å². The molecule has 1 rings (SSSR count). The van der Waals surface area contributed by atoms with Gasteiger partial charge in [-0.15, -0.1) is 0 Å². The first-order valence-electron chi connectivity index (χ1n) is 4.15. The maximum Gasteiger partial charge on any atom is 0.294 e. The van der Waals surface area contributed by atoms with Crippen LogP contribution in [0.4, 0.5) is 5.69 Å². The Morgan fingerprint density at radius 2 is 1.93 bits per heavy atom. The second-order valence-electron chi connectivity index (χ2n) is 3.38. The van der Waals surface area contributed by atoms with Gasteiger partial charge in [-0.3, -0.25) is 4.55 Å². The molecule has 1 aromatic rings. The SMILES string of the molecule is CC(C)c1ccc([NH])cc1S(=O)(=O)O. The molecule has 5 heteroatoms. The monoisotopic (exact) mass is 214 g/mol. The van der Waals surface area contributed by atoms with Crippen LogP contribution < -0.4 is 5.73 Å². The average molecular weight is 214 g/mol. The minimum atomic E-state index is -4.22. The standard InChI is InChI=1S/C9H12NO3S/c1-6(2)8-4-3-7(10)5-9(8)14(11,12)13/h3-6,10H,1-2H3,(H,11,12,13). The summed E-state index contributed by atoms with van der Waals surface area (Å²) < 4.78 is 30.9. The fourth-order valence-electron chi connectivity index (χ4n) is 1.23. The van der Waals surface area contributed by atoms with E-state index in [-0.39, 0.29) is 16.5 Å². The van der Waals surface area contributed by atoms with Crippen LogP contribution in [-0.2, 0) is 10.1 Å². The van der Waals surface area contributed by atoms with Crippen molar-refractivity contribution < 1.29 is 13.0 Å². The molecule has 0 unspecified atom stereocenters. The fourth-order valence-corrected chi connectivity index (χ4v) is 2.11. The Balaban J connectivity index is 3.46. The molecule has 1 aromatic carbocycles. The van der Waals surface area contributed by atoms with Gasteiger partial charge in [0.15, 0.2) is 0 Å². The zero-order chi connectivity index (χ0) is 10.9. The summed E-state index contributed by atoms with van der Waals surface area (Å²) in [5.74, 6) is -0.00692. The molecule has 0 heterocycles. The molecular weight excluding hydrogens is 202 g/mol. The first-order chi connectivity index (χ1) is 6.32. The Kier molecular flexibility index (Phi) is 2.82. The third kappa shape index (κ3) is 2.24. The van der Waals surface area contributed by atoms with Crippen LogP contribution in [0.2, 0.25) is 0 Å². The fraction of sp³-hybridized carbons (Fsp3) is 0.333. The molecule has 77 valence electrons. The summed E-state index contributed by atoms with van der Waals surface area (Å²) in [5, 5.41) is 0. The topological polar surface area (TPSA) is 78.2 Å². The van der Waals surface area contributed by atoms with Crippen LogP contribution in [-0.4, -0.2) is 13.0 Å². The molecule has 0 bridgehead atoms. The number of hydrogen-bond acceptors (Lipinski definition) is 2. The molecule has 0 aromatic heterocycles. The lowest BCUT2D eigenvalue weighted by atomic mass is 10.0. The van der Waals surface area contributed by atoms with E-state index in [4.69, 9.17) is 10.3 Å². The Labute approximate surface area is 83.5 Å². The summed E-state index contributed by atoms with van der Waals surface area (Å²) in [4.78, 5) is -0.167. The molecule has 14 heavy (non-hydrogen) atoms. The molecule has 0 spiro atoms. The normalized spacial score (nSPS) is 12.0. The number of rotatable bonds is 2. The molecule has 2 N–H and O–H groups in total.